The van der Waals surface area contributed by atoms with Crippen molar-refractivity contribution in [2.24, 2.45) is 0 Å². The SMILES string of the molecule is O=C(COC(=O)c1cc(O)c2ccccc2c1O)NC[C@H]1COc2ccccc2O1. The number of amides is 1. The fourth-order valence-corrected chi connectivity index (χ4v) is 3.15. The van der Waals surface area contributed by atoms with E-state index in [4.69, 9.17) is 14.2 Å². The summed E-state index contributed by atoms with van der Waals surface area (Å²) in [6.45, 7) is -0.0932. The molecule has 3 aromatic carbocycles. The molecule has 30 heavy (non-hydrogen) atoms. The van der Waals surface area contributed by atoms with E-state index in [0.29, 0.717) is 22.3 Å². The number of hydrogen-bond donors (Lipinski definition) is 3. The number of carbonyl (C=O) groups excluding carboxylic acids is 2. The Labute approximate surface area is 171 Å². The molecule has 1 aliphatic heterocycles. The Morgan fingerprint density at radius 1 is 1.03 bits per heavy atom. The fourth-order valence-electron chi connectivity index (χ4n) is 3.15. The van der Waals surface area contributed by atoms with Crippen LogP contribution in [-0.4, -0.2) is 48.0 Å². The van der Waals surface area contributed by atoms with Crippen molar-refractivity contribution in [1.29, 1.82) is 0 Å². The minimum Gasteiger partial charge on any atom is -0.507 e. The van der Waals surface area contributed by atoms with Gasteiger partial charge >= 0.3 is 5.97 Å². The Balaban J connectivity index is 1.32. The molecular formula is C22H19NO7. The summed E-state index contributed by atoms with van der Waals surface area (Å²) < 4.78 is 16.3. The van der Waals surface area contributed by atoms with Crippen molar-refractivity contribution in [3.63, 3.8) is 0 Å². The molecule has 3 aromatic rings. The van der Waals surface area contributed by atoms with Gasteiger partial charge in [-0.3, -0.25) is 4.79 Å². The van der Waals surface area contributed by atoms with Crippen LogP contribution >= 0.6 is 0 Å². The molecule has 154 valence electrons. The highest BCUT2D eigenvalue weighted by atomic mass is 16.6. The van der Waals surface area contributed by atoms with Gasteiger partial charge in [-0.2, -0.15) is 0 Å². The van der Waals surface area contributed by atoms with Gasteiger partial charge in [-0.25, -0.2) is 4.79 Å². The Bertz CT molecular complexity index is 1110. The standard InChI is InChI=1S/C22H19NO7/c24-17-9-16(21(26)15-6-2-1-5-14(15)17)22(27)29-12-20(25)23-10-13-11-28-18-7-3-4-8-19(18)30-13/h1-9,13,24,26H,10-12H2,(H,23,25)/t13-/m0/s1. The molecule has 4 rings (SSSR count). The van der Waals surface area contributed by atoms with Crippen LogP contribution in [0, 0.1) is 0 Å². The van der Waals surface area contributed by atoms with Crippen LogP contribution in [0.3, 0.4) is 0 Å². The van der Waals surface area contributed by atoms with Crippen LogP contribution in [-0.2, 0) is 9.53 Å². The third-order valence-corrected chi connectivity index (χ3v) is 4.64. The number of phenols is 2. The lowest BCUT2D eigenvalue weighted by Gasteiger charge is -2.26. The van der Waals surface area contributed by atoms with Gasteiger partial charge in [-0.15, -0.1) is 0 Å². The van der Waals surface area contributed by atoms with E-state index in [1.54, 1.807) is 36.4 Å². The first-order valence-electron chi connectivity index (χ1n) is 9.29. The lowest BCUT2D eigenvalue weighted by atomic mass is 10.0. The zero-order valence-corrected chi connectivity index (χ0v) is 15.8. The number of benzene rings is 3. The Morgan fingerprint density at radius 2 is 1.73 bits per heavy atom. The number of carbonyl (C=O) groups is 2. The number of hydrogen-bond acceptors (Lipinski definition) is 7. The molecule has 1 heterocycles. The molecular weight excluding hydrogens is 390 g/mol. The zero-order valence-electron chi connectivity index (χ0n) is 15.8. The smallest absolute Gasteiger partial charge is 0.342 e. The van der Waals surface area contributed by atoms with Crippen molar-refractivity contribution in [3.05, 3.63) is 60.2 Å². The van der Waals surface area contributed by atoms with E-state index in [9.17, 15) is 19.8 Å². The monoisotopic (exact) mass is 409 g/mol. The van der Waals surface area contributed by atoms with Gasteiger partial charge < -0.3 is 29.7 Å². The largest absolute Gasteiger partial charge is 0.507 e. The maximum absolute atomic E-state index is 12.3. The summed E-state index contributed by atoms with van der Waals surface area (Å²) in [4.78, 5) is 24.3. The molecule has 0 spiro atoms. The first-order chi connectivity index (χ1) is 14.5. The third kappa shape index (κ3) is 3.93. The minimum atomic E-state index is -0.921. The van der Waals surface area contributed by atoms with E-state index in [1.165, 1.54) is 0 Å². The normalized spacial score (nSPS) is 14.9. The molecule has 1 atom stereocenters. The quantitative estimate of drug-likeness (QED) is 0.438. The maximum Gasteiger partial charge on any atom is 0.342 e. The third-order valence-electron chi connectivity index (χ3n) is 4.64. The van der Waals surface area contributed by atoms with Crippen LogP contribution in [0.15, 0.2) is 54.6 Å². The van der Waals surface area contributed by atoms with Crippen molar-refractivity contribution < 1.29 is 34.0 Å². The number of rotatable bonds is 5. The Hall–Kier alpha value is -3.94. The van der Waals surface area contributed by atoms with Gasteiger partial charge in [0.2, 0.25) is 0 Å². The number of para-hydroxylation sites is 2. The van der Waals surface area contributed by atoms with Crippen LogP contribution < -0.4 is 14.8 Å². The Kier molecular flexibility index (Phi) is 5.30. The van der Waals surface area contributed by atoms with Gasteiger partial charge in [-0.1, -0.05) is 36.4 Å². The molecule has 8 nitrogen and oxygen atoms in total. The van der Waals surface area contributed by atoms with Gasteiger partial charge in [0, 0.05) is 10.8 Å². The molecule has 0 fully saturated rings. The lowest BCUT2D eigenvalue weighted by Crippen LogP contribution is -2.42. The first kappa shape index (κ1) is 19.4. The van der Waals surface area contributed by atoms with E-state index in [0.717, 1.165) is 6.07 Å². The van der Waals surface area contributed by atoms with E-state index in [1.807, 2.05) is 12.1 Å². The number of esters is 1. The summed E-state index contributed by atoms with van der Waals surface area (Å²) in [7, 11) is 0. The summed E-state index contributed by atoms with van der Waals surface area (Å²) in [5.41, 5.74) is -0.223. The van der Waals surface area contributed by atoms with Gasteiger partial charge in [-0.05, 0) is 18.2 Å². The van der Waals surface area contributed by atoms with Crippen LogP contribution in [0.1, 0.15) is 10.4 Å². The van der Waals surface area contributed by atoms with E-state index in [-0.39, 0.29) is 36.3 Å². The number of ether oxygens (including phenoxy) is 3. The second kappa shape index (κ2) is 8.20. The highest BCUT2D eigenvalue weighted by Gasteiger charge is 2.22. The van der Waals surface area contributed by atoms with Crippen molar-refractivity contribution in [2.45, 2.75) is 6.10 Å². The second-order valence-corrected chi connectivity index (χ2v) is 6.72. The molecule has 3 N–H and O–H groups in total. The number of nitrogens with one attached hydrogen (secondary N) is 1. The maximum atomic E-state index is 12.3. The Morgan fingerprint density at radius 3 is 2.53 bits per heavy atom. The van der Waals surface area contributed by atoms with Crippen LogP contribution in [0.2, 0.25) is 0 Å². The van der Waals surface area contributed by atoms with E-state index >= 15 is 0 Å². The molecule has 0 unspecified atom stereocenters. The topological polar surface area (TPSA) is 114 Å². The van der Waals surface area contributed by atoms with Crippen LogP contribution in [0.5, 0.6) is 23.0 Å². The van der Waals surface area contributed by atoms with Gasteiger partial charge in [0.25, 0.3) is 5.91 Å². The molecule has 0 saturated carbocycles. The second-order valence-electron chi connectivity index (χ2n) is 6.72. The van der Waals surface area contributed by atoms with Crippen molar-refractivity contribution in [3.8, 4) is 23.0 Å². The highest BCUT2D eigenvalue weighted by molar-refractivity contribution is 6.04. The van der Waals surface area contributed by atoms with Gasteiger partial charge in [0.05, 0.1) is 6.54 Å². The lowest BCUT2D eigenvalue weighted by molar-refractivity contribution is -0.124. The van der Waals surface area contributed by atoms with Crippen molar-refractivity contribution >= 4 is 22.6 Å². The molecule has 0 saturated heterocycles. The van der Waals surface area contributed by atoms with Crippen molar-refractivity contribution in [1.82, 2.24) is 5.32 Å². The average molecular weight is 409 g/mol. The highest BCUT2D eigenvalue weighted by Crippen LogP contribution is 2.35. The van der Waals surface area contributed by atoms with Crippen LogP contribution in [0.25, 0.3) is 10.8 Å². The molecule has 0 radical (unpaired) electrons. The van der Waals surface area contributed by atoms with Crippen LogP contribution in [0.4, 0.5) is 0 Å². The van der Waals surface area contributed by atoms with Crippen molar-refractivity contribution in [2.75, 3.05) is 19.8 Å². The summed E-state index contributed by atoms with van der Waals surface area (Å²) in [5, 5.41) is 23.7. The number of aromatic hydroxyl groups is 2. The summed E-state index contributed by atoms with van der Waals surface area (Å²) in [5.74, 6) is -0.701. The zero-order chi connectivity index (χ0) is 21.1. The minimum absolute atomic E-state index is 0.172. The number of fused-ring (bicyclic) bond motifs is 2. The number of phenolic OH excluding ortho intramolecular Hbond substituents is 2. The molecule has 0 aliphatic carbocycles. The molecule has 1 aliphatic rings. The molecule has 0 aromatic heterocycles. The average Bonchev–Trinajstić information content (AvgIpc) is 2.78. The van der Waals surface area contributed by atoms with E-state index < -0.39 is 18.5 Å². The summed E-state index contributed by atoms with van der Waals surface area (Å²) >= 11 is 0. The predicted octanol–water partition coefficient (Wildman–Crippen LogP) is 2.36. The predicted molar refractivity (Wildman–Crippen MR) is 107 cm³/mol. The molecule has 0 bridgehead atoms. The fraction of sp³-hybridized carbons (Fsp3) is 0.182. The van der Waals surface area contributed by atoms with Gasteiger partial charge in [0.15, 0.2) is 18.1 Å². The van der Waals surface area contributed by atoms with E-state index in [2.05, 4.69) is 5.32 Å². The first-order valence-corrected chi connectivity index (χ1v) is 9.29. The van der Waals surface area contributed by atoms with Gasteiger partial charge in [0.1, 0.15) is 29.8 Å². The summed E-state index contributed by atoms with van der Waals surface area (Å²) in [6.07, 6.45) is -0.374. The molecule has 8 heteroatoms. The molecule has 1 amide bonds. The summed E-state index contributed by atoms with van der Waals surface area (Å²) in [6, 6.07) is 14.9.